The number of nitrogens with zero attached hydrogens (tertiary/aromatic N) is 4. The van der Waals surface area contributed by atoms with Gasteiger partial charge in [0.15, 0.2) is 0 Å². The van der Waals surface area contributed by atoms with E-state index in [1.54, 1.807) is 0 Å². The molecule has 1 aliphatic rings. The Bertz CT molecular complexity index is 1180. The number of aromatic nitrogens is 3. The summed E-state index contributed by atoms with van der Waals surface area (Å²) in [6, 6.07) is 25.8. The van der Waals surface area contributed by atoms with Gasteiger partial charge in [0.25, 0.3) is 0 Å². The highest BCUT2D eigenvalue weighted by molar-refractivity contribution is 5.26. The molecule has 0 radical (unpaired) electrons. The largest absolute Gasteiger partial charge is 0.307 e. The van der Waals surface area contributed by atoms with Gasteiger partial charge < -0.3 is 5.32 Å². The molecule has 1 atom stereocenters. The van der Waals surface area contributed by atoms with E-state index < -0.39 is 0 Å². The van der Waals surface area contributed by atoms with Gasteiger partial charge >= 0.3 is 0 Å². The van der Waals surface area contributed by atoms with Crippen LogP contribution in [0.5, 0.6) is 0 Å². The molecule has 0 fully saturated rings. The lowest BCUT2D eigenvalue weighted by molar-refractivity contribution is 0.163. The van der Waals surface area contributed by atoms with Gasteiger partial charge in [0.1, 0.15) is 0 Å². The van der Waals surface area contributed by atoms with E-state index >= 15 is 0 Å². The molecule has 178 valence electrons. The minimum absolute atomic E-state index is 0.301. The summed E-state index contributed by atoms with van der Waals surface area (Å²) in [6.45, 7) is 3.29. The van der Waals surface area contributed by atoms with Crippen molar-refractivity contribution < 1.29 is 0 Å². The van der Waals surface area contributed by atoms with Crippen molar-refractivity contribution in [1.82, 2.24) is 25.2 Å². The van der Waals surface area contributed by atoms with Crippen molar-refractivity contribution in [2.75, 3.05) is 0 Å². The molecule has 1 aliphatic carbocycles. The average molecular weight is 464 g/mol. The molecule has 1 aromatic carbocycles. The molecule has 35 heavy (non-hydrogen) atoms. The molecule has 0 spiro atoms. The third kappa shape index (κ3) is 6.38. The van der Waals surface area contributed by atoms with Gasteiger partial charge in [-0.3, -0.25) is 19.9 Å². The van der Waals surface area contributed by atoms with Gasteiger partial charge in [0, 0.05) is 44.8 Å². The lowest BCUT2D eigenvalue weighted by atomic mass is 10.0. The number of aryl methyl sites for hydroxylation is 1. The van der Waals surface area contributed by atoms with Crippen molar-refractivity contribution >= 4 is 0 Å². The first-order valence-corrected chi connectivity index (χ1v) is 12.6. The molecule has 0 bridgehead atoms. The van der Waals surface area contributed by atoms with Crippen LogP contribution < -0.4 is 5.32 Å². The van der Waals surface area contributed by atoms with Crippen molar-refractivity contribution in [3.8, 4) is 0 Å². The highest BCUT2D eigenvalue weighted by Crippen LogP contribution is 2.33. The summed E-state index contributed by atoms with van der Waals surface area (Å²) in [5.41, 5.74) is 7.40. The van der Waals surface area contributed by atoms with E-state index in [2.05, 4.69) is 68.7 Å². The Morgan fingerprint density at radius 3 is 2.20 bits per heavy atom. The van der Waals surface area contributed by atoms with Crippen molar-refractivity contribution in [2.24, 2.45) is 0 Å². The molecular weight excluding hydrogens is 430 g/mol. The maximum Gasteiger partial charge on any atom is 0.0607 e. The zero-order valence-electron chi connectivity index (χ0n) is 20.2. The Balaban J connectivity index is 1.30. The topological polar surface area (TPSA) is 53.9 Å². The molecule has 5 heteroatoms. The van der Waals surface area contributed by atoms with Crippen LogP contribution >= 0.6 is 0 Å². The lowest BCUT2D eigenvalue weighted by Crippen LogP contribution is -2.29. The summed E-state index contributed by atoms with van der Waals surface area (Å²) in [4.78, 5) is 16.4. The maximum absolute atomic E-state index is 4.86. The zero-order valence-corrected chi connectivity index (χ0v) is 20.2. The zero-order chi connectivity index (χ0) is 23.7. The summed E-state index contributed by atoms with van der Waals surface area (Å²) in [5.74, 6) is 0. The predicted molar refractivity (Wildman–Crippen MR) is 139 cm³/mol. The number of fused-ring (bicyclic) bond motifs is 1. The van der Waals surface area contributed by atoms with Gasteiger partial charge in [-0.25, -0.2) is 0 Å². The molecular formula is C30H33N5. The fourth-order valence-electron chi connectivity index (χ4n) is 4.92. The van der Waals surface area contributed by atoms with E-state index in [1.165, 1.54) is 35.2 Å². The Kier molecular flexibility index (Phi) is 7.89. The van der Waals surface area contributed by atoms with Gasteiger partial charge in [-0.05, 0) is 66.3 Å². The average Bonchev–Trinajstić information content (AvgIpc) is 3.13. The number of nitrogens with one attached hydrogen (secondary N) is 1. The molecule has 5 rings (SSSR count). The minimum Gasteiger partial charge on any atom is -0.307 e. The van der Waals surface area contributed by atoms with E-state index in [1.807, 2.05) is 42.9 Å². The number of benzene rings is 1. The minimum atomic E-state index is 0.301. The second-order valence-corrected chi connectivity index (χ2v) is 9.28. The first kappa shape index (κ1) is 23.3. The van der Waals surface area contributed by atoms with Gasteiger partial charge in [0.2, 0.25) is 0 Å². The third-order valence-electron chi connectivity index (χ3n) is 6.72. The molecule has 0 aliphatic heterocycles. The summed E-state index contributed by atoms with van der Waals surface area (Å²) >= 11 is 0. The van der Waals surface area contributed by atoms with Gasteiger partial charge in [0.05, 0.1) is 23.1 Å². The standard InChI is InChI=1S/C30H33N5/c1-2-12-29(30-26(8-1)9-7-19-34-30)35(23-28-11-4-6-18-33-28)22-25-15-13-24(14-16-25)20-31-21-27-10-3-5-17-32-27/h3-7,9-11,13-19,29,31H,1-2,8,12,20-23H2. The molecule has 1 N–H and O–H groups in total. The van der Waals surface area contributed by atoms with Gasteiger partial charge in [-0.15, -0.1) is 0 Å². The van der Waals surface area contributed by atoms with Crippen LogP contribution in [0.1, 0.15) is 59.1 Å². The van der Waals surface area contributed by atoms with Crippen LogP contribution in [-0.2, 0) is 32.6 Å². The number of pyridine rings is 3. The molecule has 0 saturated heterocycles. The Morgan fingerprint density at radius 1 is 0.686 bits per heavy atom. The smallest absolute Gasteiger partial charge is 0.0607 e. The van der Waals surface area contributed by atoms with E-state index in [0.29, 0.717) is 6.04 Å². The molecule has 4 aromatic rings. The van der Waals surface area contributed by atoms with Crippen molar-refractivity contribution in [3.63, 3.8) is 0 Å². The highest BCUT2D eigenvalue weighted by atomic mass is 15.2. The molecule has 1 unspecified atom stereocenters. The monoisotopic (exact) mass is 463 g/mol. The Morgan fingerprint density at radius 2 is 1.43 bits per heavy atom. The van der Waals surface area contributed by atoms with Crippen molar-refractivity contribution in [2.45, 2.75) is 57.9 Å². The second kappa shape index (κ2) is 11.8. The Hall–Kier alpha value is -3.41. The van der Waals surface area contributed by atoms with Crippen LogP contribution in [0.15, 0.2) is 91.4 Å². The van der Waals surface area contributed by atoms with E-state index in [-0.39, 0.29) is 0 Å². The molecule has 3 heterocycles. The quantitative estimate of drug-likeness (QED) is 0.326. The molecule has 3 aromatic heterocycles. The normalized spacial score (nSPS) is 15.5. The summed E-state index contributed by atoms with van der Waals surface area (Å²) in [7, 11) is 0. The lowest BCUT2D eigenvalue weighted by Gasteiger charge is -2.31. The Labute approximate surface area is 208 Å². The van der Waals surface area contributed by atoms with E-state index in [9.17, 15) is 0 Å². The van der Waals surface area contributed by atoms with Crippen LogP contribution in [0.4, 0.5) is 0 Å². The van der Waals surface area contributed by atoms with Crippen LogP contribution in [-0.4, -0.2) is 19.9 Å². The number of hydrogen-bond acceptors (Lipinski definition) is 5. The fraction of sp³-hybridized carbons (Fsp3) is 0.300. The summed E-state index contributed by atoms with van der Waals surface area (Å²) < 4.78 is 0. The third-order valence-corrected chi connectivity index (χ3v) is 6.72. The van der Waals surface area contributed by atoms with Crippen molar-refractivity contribution in [1.29, 1.82) is 0 Å². The highest BCUT2D eigenvalue weighted by Gasteiger charge is 2.26. The van der Waals surface area contributed by atoms with Crippen LogP contribution in [0, 0.1) is 0 Å². The predicted octanol–water partition coefficient (Wildman–Crippen LogP) is 5.63. The molecule has 0 amide bonds. The van der Waals surface area contributed by atoms with Crippen LogP contribution in [0.25, 0.3) is 0 Å². The first-order valence-electron chi connectivity index (χ1n) is 12.6. The number of hydrogen-bond donors (Lipinski definition) is 1. The first-order chi connectivity index (χ1) is 17.3. The molecule has 0 saturated carbocycles. The number of rotatable bonds is 9. The van der Waals surface area contributed by atoms with E-state index in [0.717, 1.165) is 50.4 Å². The SMILES string of the molecule is c1ccc(CNCc2ccc(CN(Cc3ccccn3)C3CCCCc4cccnc43)cc2)nc1. The van der Waals surface area contributed by atoms with E-state index in [4.69, 9.17) is 4.98 Å². The van der Waals surface area contributed by atoms with Crippen LogP contribution in [0.3, 0.4) is 0 Å². The molecule has 5 nitrogen and oxygen atoms in total. The van der Waals surface area contributed by atoms with Gasteiger partial charge in [-0.1, -0.05) is 48.9 Å². The van der Waals surface area contributed by atoms with Crippen LogP contribution in [0.2, 0.25) is 0 Å². The maximum atomic E-state index is 4.86. The summed E-state index contributed by atoms with van der Waals surface area (Å²) in [5, 5.41) is 3.49. The summed E-state index contributed by atoms with van der Waals surface area (Å²) in [6.07, 6.45) is 10.4. The fourth-order valence-corrected chi connectivity index (χ4v) is 4.92. The second-order valence-electron chi connectivity index (χ2n) is 9.28. The van der Waals surface area contributed by atoms with Gasteiger partial charge in [-0.2, -0.15) is 0 Å². The van der Waals surface area contributed by atoms with Crippen molar-refractivity contribution in [3.05, 3.63) is 125 Å².